The molecule has 0 unspecified atom stereocenters. The minimum Gasteiger partial charge on any atom is -0.320 e. The second kappa shape index (κ2) is 7.57. The van der Waals surface area contributed by atoms with Crippen LogP contribution in [0, 0.1) is 17.0 Å². The molecular weight excluding hydrogens is 346 g/mol. The number of non-ortho nitro benzene ring substituents is 1. The number of hydrogen-bond donors (Lipinski definition) is 1. The molecular formula is C20H15N3O4. The van der Waals surface area contributed by atoms with Gasteiger partial charge in [0.05, 0.1) is 16.2 Å². The quantitative estimate of drug-likeness (QED) is 0.423. The van der Waals surface area contributed by atoms with E-state index >= 15 is 0 Å². The molecule has 0 spiro atoms. The van der Waals surface area contributed by atoms with Gasteiger partial charge in [0.25, 0.3) is 11.6 Å². The number of carbonyl (C=O) groups excluding carboxylic acids is 2. The van der Waals surface area contributed by atoms with E-state index in [9.17, 15) is 19.7 Å². The highest BCUT2D eigenvalue weighted by Crippen LogP contribution is 2.25. The van der Waals surface area contributed by atoms with Crippen molar-refractivity contribution in [3.05, 3.63) is 99.4 Å². The number of rotatable bonds is 5. The van der Waals surface area contributed by atoms with E-state index in [1.807, 2.05) is 0 Å². The van der Waals surface area contributed by atoms with E-state index in [0.29, 0.717) is 11.3 Å². The van der Waals surface area contributed by atoms with Crippen molar-refractivity contribution in [1.29, 1.82) is 0 Å². The first-order valence-corrected chi connectivity index (χ1v) is 8.09. The lowest BCUT2D eigenvalue weighted by Crippen LogP contribution is -2.17. The van der Waals surface area contributed by atoms with E-state index in [-0.39, 0.29) is 22.6 Å². The molecule has 1 N–H and O–H groups in total. The number of carbonyl (C=O) groups is 2. The highest BCUT2D eigenvalue weighted by Gasteiger charge is 2.20. The number of amides is 1. The van der Waals surface area contributed by atoms with Crippen molar-refractivity contribution >= 4 is 23.1 Å². The lowest BCUT2D eigenvalue weighted by molar-refractivity contribution is -0.384. The summed E-state index contributed by atoms with van der Waals surface area (Å²) in [6.45, 7) is 1.76. The maximum absolute atomic E-state index is 12.8. The number of pyridine rings is 1. The summed E-state index contributed by atoms with van der Waals surface area (Å²) < 4.78 is 0. The van der Waals surface area contributed by atoms with Crippen LogP contribution in [0.25, 0.3) is 0 Å². The Morgan fingerprint density at radius 3 is 2.41 bits per heavy atom. The largest absolute Gasteiger partial charge is 0.320 e. The molecule has 0 bridgehead atoms. The number of aromatic nitrogens is 1. The SMILES string of the molecule is Cc1cccc(C(=O)Nc2ccc([N+](=O)[O-])cc2C(=O)c2ccccc2)n1. The summed E-state index contributed by atoms with van der Waals surface area (Å²) in [5.74, 6) is -0.929. The van der Waals surface area contributed by atoms with E-state index in [4.69, 9.17) is 0 Å². The van der Waals surface area contributed by atoms with Crippen molar-refractivity contribution < 1.29 is 14.5 Å². The Bertz CT molecular complexity index is 1030. The van der Waals surface area contributed by atoms with E-state index < -0.39 is 16.6 Å². The summed E-state index contributed by atoms with van der Waals surface area (Å²) >= 11 is 0. The molecule has 7 heteroatoms. The molecule has 134 valence electrons. The number of benzene rings is 2. The lowest BCUT2D eigenvalue weighted by atomic mass is 10.0. The molecule has 0 saturated heterocycles. The molecule has 2 aromatic carbocycles. The lowest BCUT2D eigenvalue weighted by Gasteiger charge is -2.11. The molecule has 1 amide bonds. The Balaban J connectivity index is 2.00. The molecule has 1 aromatic heterocycles. The number of aryl methyl sites for hydroxylation is 1. The average Bonchev–Trinajstić information content (AvgIpc) is 2.68. The van der Waals surface area contributed by atoms with Gasteiger partial charge in [-0.3, -0.25) is 19.7 Å². The van der Waals surface area contributed by atoms with Crippen molar-refractivity contribution in [2.45, 2.75) is 6.92 Å². The van der Waals surface area contributed by atoms with E-state index in [0.717, 1.165) is 6.07 Å². The molecule has 0 aliphatic carbocycles. The normalized spacial score (nSPS) is 10.3. The maximum Gasteiger partial charge on any atom is 0.274 e. The zero-order valence-corrected chi connectivity index (χ0v) is 14.4. The van der Waals surface area contributed by atoms with Crippen LogP contribution in [0.5, 0.6) is 0 Å². The van der Waals surface area contributed by atoms with Gasteiger partial charge in [0, 0.05) is 23.4 Å². The molecule has 3 rings (SSSR count). The number of nitro groups is 1. The monoisotopic (exact) mass is 361 g/mol. The summed E-state index contributed by atoms with van der Waals surface area (Å²) in [5.41, 5.74) is 1.21. The Hall–Kier alpha value is -3.87. The summed E-state index contributed by atoms with van der Waals surface area (Å²) in [7, 11) is 0. The average molecular weight is 361 g/mol. The zero-order valence-electron chi connectivity index (χ0n) is 14.4. The molecule has 1 heterocycles. The van der Waals surface area contributed by atoms with Crippen molar-refractivity contribution in [3.8, 4) is 0 Å². The van der Waals surface area contributed by atoms with Gasteiger partial charge in [0.1, 0.15) is 5.69 Å². The zero-order chi connectivity index (χ0) is 19.4. The van der Waals surface area contributed by atoms with Crippen LogP contribution in [0.1, 0.15) is 32.1 Å². The second-order valence-electron chi connectivity index (χ2n) is 5.80. The Labute approximate surface area is 154 Å². The van der Waals surface area contributed by atoms with Crippen LogP contribution in [0.3, 0.4) is 0 Å². The first kappa shape index (κ1) is 17.9. The van der Waals surface area contributed by atoms with Gasteiger partial charge < -0.3 is 5.32 Å². The van der Waals surface area contributed by atoms with Gasteiger partial charge >= 0.3 is 0 Å². The van der Waals surface area contributed by atoms with E-state index in [1.54, 1.807) is 55.5 Å². The Morgan fingerprint density at radius 2 is 1.74 bits per heavy atom. The summed E-state index contributed by atoms with van der Waals surface area (Å²) in [6.07, 6.45) is 0. The maximum atomic E-state index is 12.8. The van der Waals surface area contributed by atoms with Crippen LogP contribution in [0.4, 0.5) is 11.4 Å². The van der Waals surface area contributed by atoms with Gasteiger partial charge in [0.2, 0.25) is 0 Å². The second-order valence-corrected chi connectivity index (χ2v) is 5.80. The van der Waals surface area contributed by atoms with Gasteiger partial charge in [-0.05, 0) is 25.1 Å². The Kier molecular flexibility index (Phi) is 5.03. The van der Waals surface area contributed by atoms with Crippen LogP contribution in [0.15, 0.2) is 66.7 Å². The topological polar surface area (TPSA) is 102 Å². The smallest absolute Gasteiger partial charge is 0.274 e. The first-order chi connectivity index (χ1) is 13.0. The predicted molar refractivity (Wildman–Crippen MR) is 99.9 cm³/mol. The molecule has 0 atom stereocenters. The third-order valence-corrected chi connectivity index (χ3v) is 3.86. The number of ketones is 1. The highest BCUT2D eigenvalue weighted by atomic mass is 16.6. The van der Waals surface area contributed by atoms with E-state index in [2.05, 4.69) is 10.3 Å². The van der Waals surface area contributed by atoms with Gasteiger partial charge in [-0.25, -0.2) is 4.98 Å². The van der Waals surface area contributed by atoms with E-state index in [1.165, 1.54) is 12.1 Å². The number of anilines is 1. The number of nitrogens with one attached hydrogen (secondary N) is 1. The molecule has 0 fully saturated rings. The van der Waals surface area contributed by atoms with Gasteiger partial charge in [-0.1, -0.05) is 36.4 Å². The van der Waals surface area contributed by atoms with Gasteiger partial charge in [-0.2, -0.15) is 0 Å². The molecule has 0 radical (unpaired) electrons. The third kappa shape index (κ3) is 4.04. The number of nitrogens with zero attached hydrogens (tertiary/aromatic N) is 2. The van der Waals surface area contributed by atoms with Gasteiger partial charge in [-0.15, -0.1) is 0 Å². The first-order valence-electron chi connectivity index (χ1n) is 8.09. The van der Waals surface area contributed by atoms with Crippen molar-refractivity contribution in [2.24, 2.45) is 0 Å². The molecule has 7 nitrogen and oxygen atoms in total. The molecule has 0 saturated carbocycles. The standard InChI is InChI=1S/C20H15N3O4/c1-13-6-5-9-18(21-13)20(25)22-17-11-10-15(23(26)27)12-16(17)19(24)14-7-3-2-4-8-14/h2-12H,1H3,(H,22,25). The van der Waals surface area contributed by atoms with Crippen LogP contribution in [-0.2, 0) is 0 Å². The molecule has 27 heavy (non-hydrogen) atoms. The minimum absolute atomic E-state index is 0.0383. The fourth-order valence-corrected chi connectivity index (χ4v) is 2.54. The fraction of sp³-hybridized carbons (Fsp3) is 0.0500. The number of hydrogen-bond acceptors (Lipinski definition) is 5. The summed E-state index contributed by atoms with van der Waals surface area (Å²) in [6, 6.07) is 17.1. The fourth-order valence-electron chi connectivity index (χ4n) is 2.54. The molecule has 0 aliphatic rings. The predicted octanol–water partition coefficient (Wildman–Crippen LogP) is 3.78. The highest BCUT2D eigenvalue weighted by molar-refractivity contribution is 6.15. The number of nitro benzene ring substituents is 1. The van der Waals surface area contributed by atoms with Crippen LogP contribution < -0.4 is 5.32 Å². The van der Waals surface area contributed by atoms with Crippen molar-refractivity contribution in [2.75, 3.05) is 5.32 Å². The van der Waals surface area contributed by atoms with Crippen LogP contribution in [-0.4, -0.2) is 21.6 Å². The van der Waals surface area contributed by atoms with Crippen LogP contribution in [0.2, 0.25) is 0 Å². The van der Waals surface area contributed by atoms with Crippen molar-refractivity contribution in [3.63, 3.8) is 0 Å². The summed E-state index contributed by atoms with van der Waals surface area (Å²) in [4.78, 5) is 40.0. The molecule has 3 aromatic rings. The minimum atomic E-state index is -0.588. The van der Waals surface area contributed by atoms with Crippen molar-refractivity contribution in [1.82, 2.24) is 4.98 Å². The van der Waals surface area contributed by atoms with Crippen LogP contribution >= 0.6 is 0 Å². The van der Waals surface area contributed by atoms with Gasteiger partial charge in [0.15, 0.2) is 5.78 Å². The third-order valence-electron chi connectivity index (χ3n) is 3.86. The molecule has 0 aliphatic heterocycles. The Morgan fingerprint density at radius 1 is 1.00 bits per heavy atom. The summed E-state index contributed by atoms with van der Waals surface area (Å²) in [5, 5.41) is 13.7.